The van der Waals surface area contributed by atoms with Gasteiger partial charge in [0, 0.05) is 25.2 Å². The molecular formula is C23H26N2. The van der Waals surface area contributed by atoms with Gasteiger partial charge >= 0.3 is 0 Å². The summed E-state index contributed by atoms with van der Waals surface area (Å²) in [4.78, 5) is 0. The zero-order valence-electron chi connectivity index (χ0n) is 14.7. The molecule has 128 valence electrons. The second-order valence-corrected chi connectivity index (χ2v) is 6.41. The lowest BCUT2D eigenvalue weighted by Crippen LogP contribution is -2.39. The van der Waals surface area contributed by atoms with E-state index < -0.39 is 0 Å². The zero-order valence-corrected chi connectivity index (χ0v) is 14.7. The van der Waals surface area contributed by atoms with Gasteiger partial charge in [-0.05, 0) is 23.6 Å². The lowest BCUT2D eigenvalue weighted by atomic mass is 9.99. The standard InChI is InChI=1S/C23H26N2/c1-19(24-17-20-11-5-2-6-12-20)23(22-15-9-4-10-16-22)25-18-21-13-7-3-8-14-21/h2-16,19,23-25H,17-18H2,1H3/t19-,23-/m0/s1. The molecule has 0 spiro atoms. The van der Waals surface area contributed by atoms with Crippen molar-refractivity contribution in [3.8, 4) is 0 Å². The fourth-order valence-corrected chi connectivity index (χ4v) is 3.06. The van der Waals surface area contributed by atoms with Crippen LogP contribution in [0, 0.1) is 0 Å². The largest absolute Gasteiger partial charge is 0.308 e. The minimum atomic E-state index is 0.255. The van der Waals surface area contributed by atoms with Gasteiger partial charge in [0.1, 0.15) is 0 Å². The maximum Gasteiger partial charge on any atom is 0.0475 e. The average Bonchev–Trinajstić information content (AvgIpc) is 2.69. The number of hydrogen-bond acceptors (Lipinski definition) is 2. The van der Waals surface area contributed by atoms with Gasteiger partial charge in [0.15, 0.2) is 0 Å². The van der Waals surface area contributed by atoms with E-state index in [0.717, 1.165) is 13.1 Å². The van der Waals surface area contributed by atoms with Gasteiger partial charge in [-0.15, -0.1) is 0 Å². The number of nitrogens with one attached hydrogen (secondary N) is 2. The summed E-state index contributed by atoms with van der Waals surface area (Å²) in [6.07, 6.45) is 0. The molecule has 2 nitrogen and oxygen atoms in total. The first-order valence-electron chi connectivity index (χ1n) is 8.92. The smallest absolute Gasteiger partial charge is 0.0475 e. The molecule has 0 aliphatic rings. The van der Waals surface area contributed by atoms with Crippen LogP contribution in [0.25, 0.3) is 0 Å². The third kappa shape index (κ3) is 5.28. The van der Waals surface area contributed by atoms with Gasteiger partial charge in [0.25, 0.3) is 0 Å². The Bertz CT molecular complexity index is 726. The fourth-order valence-electron chi connectivity index (χ4n) is 3.06. The average molecular weight is 330 g/mol. The summed E-state index contributed by atoms with van der Waals surface area (Å²) < 4.78 is 0. The Kier molecular flexibility index (Phi) is 6.38. The molecule has 0 aliphatic carbocycles. The Morgan fingerprint density at radius 2 is 1.04 bits per heavy atom. The number of rotatable bonds is 8. The van der Waals surface area contributed by atoms with Crippen LogP contribution < -0.4 is 10.6 Å². The van der Waals surface area contributed by atoms with E-state index in [0.29, 0.717) is 6.04 Å². The SMILES string of the molecule is C[C@H](NCc1ccccc1)[C@H](NCc1ccccc1)c1ccccc1. The van der Waals surface area contributed by atoms with E-state index in [1.54, 1.807) is 0 Å². The summed E-state index contributed by atoms with van der Waals surface area (Å²) in [5, 5.41) is 7.40. The summed E-state index contributed by atoms with van der Waals surface area (Å²) in [6, 6.07) is 32.4. The molecule has 0 aromatic heterocycles. The predicted molar refractivity (Wildman–Crippen MR) is 105 cm³/mol. The van der Waals surface area contributed by atoms with Crippen LogP contribution >= 0.6 is 0 Å². The normalized spacial score (nSPS) is 13.3. The summed E-state index contributed by atoms with van der Waals surface area (Å²) in [7, 11) is 0. The molecule has 0 aliphatic heterocycles. The molecule has 2 N–H and O–H groups in total. The van der Waals surface area contributed by atoms with Crippen molar-refractivity contribution < 1.29 is 0 Å². The summed E-state index contributed by atoms with van der Waals surface area (Å²) in [5.74, 6) is 0. The van der Waals surface area contributed by atoms with Crippen molar-refractivity contribution in [2.24, 2.45) is 0 Å². The molecule has 2 heteroatoms. The molecule has 0 fully saturated rings. The maximum atomic E-state index is 3.73. The van der Waals surface area contributed by atoms with Crippen LogP contribution in [0.2, 0.25) is 0 Å². The maximum absolute atomic E-state index is 3.73. The van der Waals surface area contributed by atoms with E-state index >= 15 is 0 Å². The van der Waals surface area contributed by atoms with E-state index in [1.807, 2.05) is 0 Å². The van der Waals surface area contributed by atoms with Crippen molar-refractivity contribution in [2.45, 2.75) is 32.1 Å². The molecule has 3 aromatic carbocycles. The third-order valence-corrected chi connectivity index (χ3v) is 4.50. The van der Waals surface area contributed by atoms with E-state index in [9.17, 15) is 0 Å². The molecule has 0 radical (unpaired) electrons. The molecule has 3 aromatic rings. The summed E-state index contributed by atoms with van der Waals surface area (Å²) in [5.41, 5.74) is 3.93. The molecule has 3 rings (SSSR count). The summed E-state index contributed by atoms with van der Waals surface area (Å²) >= 11 is 0. The molecule has 0 unspecified atom stereocenters. The highest BCUT2D eigenvalue weighted by molar-refractivity contribution is 5.22. The van der Waals surface area contributed by atoms with Crippen LogP contribution in [0.5, 0.6) is 0 Å². The minimum absolute atomic E-state index is 0.255. The fraction of sp³-hybridized carbons (Fsp3) is 0.217. The van der Waals surface area contributed by atoms with Gasteiger partial charge in [-0.25, -0.2) is 0 Å². The van der Waals surface area contributed by atoms with Crippen molar-refractivity contribution in [2.75, 3.05) is 0 Å². The van der Waals surface area contributed by atoms with Crippen LogP contribution in [0.4, 0.5) is 0 Å². The molecule has 0 saturated heterocycles. The predicted octanol–water partition coefficient (Wildman–Crippen LogP) is 4.70. The van der Waals surface area contributed by atoms with Crippen molar-refractivity contribution in [3.05, 3.63) is 108 Å². The van der Waals surface area contributed by atoms with Gasteiger partial charge in [0.2, 0.25) is 0 Å². The Morgan fingerprint density at radius 1 is 0.600 bits per heavy atom. The topological polar surface area (TPSA) is 24.1 Å². The number of benzene rings is 3. The lowest BCUT2D eigenvalue weighted by molar-refractivity contribution is 0.394. The van der Waals surface area contributed by atoms with Gasteiger partial charge in [-0.3, -0.25) is 0 Å². The quantitative estimate of drug-likeness (QED) is 0.626. The van der Waals surface area contributed by atoms with E-state index in [-0.39, 0.29) is 6.04 Å². The first kappa shape index (κ1) is 17.4. The Labute approximate surface area is 150 Å². The molecule has 0 saturated carbocycles. The minimum Gasteiger partial charge on any atom is -0.308 e. The second kappa shape index (κ2) is 9.16. The van der Waals surface area contributed by atoms with Crippen molar-refractivity contribution >= 4 is 0 Å². The Balaban J connectivity index is 1.67. The third-order valence-electron chi connectivity index (χ3n) is 4.50. The molecular weight excluding hydrogens is 304 g/mol. The van der Waals surface area contributed by atoms with Crippen molar-refractivity contribution in [1.29, 1.82) is 0 Å². The van der Waals surface area contributed by atoms with Crippen LogP contribution in [0.15, 0.2) is 91.0 Å². The Morgan fingerprint density at radius 3 is 1.56 bits per heavy atom. The van der Waals surface area contributed by atoms with Crippen molar-refractivity contribution in [3.63, 3.8) is 0 Å². The van der Waals surface area contributed by atoms with E-state index in [2.05, 4.69) is 109 Å². The van der Waals surface area contributed by atoms with Gasteiger partial charge < -0.3 is 10.6 Å². The highest BCUT2D eigenvalue weighted by Crippen LogP contribution is 2.18. The Hall–Kier alpha value is -2.42. The monoisotopic (exact) mass is 330 g/mol. The highest BCUT2D eigenvalue weighted by atomic mass is 15.0. The second-order valence-electron chi connectivity index (χ2n) is 6.41. The van der Waals surface area contributed by atoms with Crippen molar-refractivity contribution in [1.82, 2.24) is 10.6 Å². The van der Waals surface area contributed by atoms with E-state index in [4.69, 9.17) is 0 Å². The zero-order chi connectivity index (χ0) is 17.3. The molecule has 0 heterocycles. The van der Waals surface area contributed by atoms with E-state index in [1.165, 1.54) is 16.7 Å². The van der Waals surface area contributed by atoms with Gasteiger partial charge in [0.05, 0.1) is 0 Å². The van der Waals surface area contributed by atoms with Gasteiger partial charge in [-0.2, -0.15) is 0 Å². The van der Waals surface area contributed by atoms with Crippen LogP contribution in [0.1, 0.15) is 29.7 Å². The first-order valence-corrected chi connectivity index (χ1v) is 8.92. The molecule has 0 bridgehead atoms. The molecule has 25 heavy (non-hydrogen) atoms. The lowest BCUT2D eigenvalue weighted by Gasteiger charge is -2.27. The summed E-state index contributed by atoms with van der Waals surface area (Å²) in [6.45, 7) is 3.98. The highest BCUT2D eigenvalue weighted by Gasteiger charge is 2.18. The van der Waals surface area contributed by atoms with Crippen LogP contribution in [-0.2, 0) is 13.1 Å². The van der Waals surface area contributed by atoms with Gasteiger partial charge in [-0.1, -0.05) is 91.0 Å². The first-order chi connectivity index (χ1) is 12.3. The van der Waals surface area contributed by atoms with Crippen LogP contribution in [0.3, 0.4) is 0 Å². The molecule has 0 amide bonds. The van der Waals surface area contributed by atoms with Crippen LogP contribution in [-0.4, -0.2) is 6.04 Å². The number of hydrogen-bond donors (Lipinski definition) is 2. The molecule has 2 atom stereocenters.